The van der Waals surface area contributed by atoms with Gasteiger partial charge in [0.25, 0.3) is 0 Å². The van der Waals surface area contributed by atoms with Gasteiger partial charge in [-0.2, -0.15) is 0 Å². The summed E-state index contributed by atoms with van der Waals surface area (Å²) in [5, 5.41) is 16.7. The molecule has 7 nitrogen and oxygen atoms in total. The van der Waals surface area contributed by atoms with E-state index in [1.54, 1.807) is 30.3 Å². The van der Waals surface area contributed by atoms with E-state index >= 15 is 0 Å². The van der Waals surface area contributed by atoms with E-state index in [-0.39, 0.29) is 5.91 Å². The Kier molecular flexibility index (Phi) is 4.76. The predicted octanol–water partition coefficient (Wildman–Crippen LogP) is 0.390. The fourth-order valence-corrected chi connectivity index (χ4v) is 2.17. The molecule has 0 radical (unpaired) electrons. The van der Waals surface area contributed by atoms with Crippen molar-refractivity contribution in [3.8, 4) is 0 Å². The molecule has 1 aliphatic rings. The van der Waals surface area contributed by atoms with Crippen LogP contribution >= 0.6 is 0 Å². The third-order valence-corrected chi connectivity index (χ3v) is 3.25. The number of urea groups is 1. The van der Waals surface area contributed by atoms with Crippen LogP contribution in [0.2, 0.25) is 0 Å². The van der Waals surface area contributed by atoms with Gasteiger partial charge in [0.05, 0.1) is 0 Å². The number of benzene rings is 1. The van der Waals surface area contributed by atoms with E-state index in [1.165, 1.54) is 0 Å². The van der Waals surface area contributed by atoms with Crippen molar-refractivity contribution in [3.05, 3.63) is 35.9 Å². The lowest BCUT2D eigenvalue weighted by atomic mass is 10.1. The van der Waals surface area contributed by atoms with Gasteiger partial charge in [-0.25, -0.2) is 9.59 Å². The van der Waals surface area contributed by atoms with Gasteiger partial charge in [-0.15, -0.1) is 0 Å². The van der Waals surface area contributed by atoms with Gasteiger partial charge in [-0.05, 0) is 18.4 Å². The first-order valence-electron chi connectivity index (χ1n) is 6.70. The molecule has 1 heterocycles. The second-order valence-corrected chi connectivity index (χ2v) is 4.79. The zero-order chi connectivity index (χ0) is 15.2. The van der Waals surface area contributed by atoms with Crippen molar-refractivity contribution in [2.24, 2.45) is 0 Å². The van der Waals surface area contributed by atoms with Gasteiger partial charge in [-0.1, -0.05) is 30.3 Å². The number of piperidine rings is 1. The van der Waals surface area contributed by atoms with Crippen LogP contribution in [0, 0.1) is 0 Å². The number of hydrogen-bond acceptors (Lipinski definition) is 3. The van der Waals surface area contributed by atoms with Crippen LogP contribution in [0.25, 0.3) is 0 Å². The summed E-state index contributed by atoms with van der Waals surface area (Å²) in [5.74, 6) is -1.41. The van der Waals surface area contributed by atoms with Crippen LogP contribution in [0.4, 0.5) is 4.79 Å². The molecule has 1 aromatic carbocycles. The summed E-state index contributed by atoms with van der Waals surface area (Å²) >= 11 is 0. The quantitative estimate of drug-likeness (QED) is 0.643. The Balaban J connectivity index is 1.99. The zero-order valence-electron chi connectivity index (χ0n) is 11.3. The van der Waals surface area contributed by atoms with Crippen molar-refractivity contribution in [1.82, 2.24) is 16.0 Å². The van der Waals surface area contributed by atoms with E-state index in [0.29, 0.717) is 18.5 Å². The Morgan fingerprint density at radius 2 is 2.00 bits per heavy atom. The number of carboxylic acid groups (broad SMARTS) is 1. The normalized spacial score (nSPS) is 19.2. The molecule has 0 bridgehead atoms. The standard InChI is InChI=1S/C14H17N3O4/c18-12-10(7-4-8-15-12)16-14(21)17-11(13(19)20)9-5-2-1-3-6-9/h1-3,5-6,10-11H,4,7-8H2,(H,15,18)(H,19,20)(H2,16,17,21)/t10?,11-/m0/s1. The van der Waals surface area contributed by atoms with Gasteiger partial charge in [-0.3, -0.25) is 4.79 Å². The monoisotopic (exact) mass is 291 g/mol. The highest BCUT2D eigenvalue weighted by atomic mass is 16.4. The van der Waals surface area contributed by atoms with Crippen LogP contribution in [0.3, 0.4) is 0 Å². The molecule has 112 valence electrons. The van der Waals surface area contributed by atoms with Crippen molar-refractivity contribution in [1.29, 1.82) is 0 Å². The van der Waals surface area contributed by atoms with Crippen LogP contribution in [-0.2, 0) is 9.59 Å². The fraction of sp³-hybridized carbons (Fsp3) is 0.357. The van der Waals surface area contributed by atoms with Crippen molar-refractivity contribution in [2.75, 3.05) is 6.54 Å². The minimum atomic E-state index is -1.16. The van der Waals surface area contributed by atoms with Gasteiger partial charge in [0.15, 0.2) is 6.04 Å². The van der Waals surface area contributed by atoms with Crippen LogP contribution < -0.4 is 16.0 Å². The highest BCUT2D eigenvalue weighted by Crippen LogP contribution is 2.12. The van der Waals surface area contributed by atoms with Crippen molar-refractivity contribution in [2.45, 2.75) is 24.9 Å². The molecule has 0 spiro atoms. The molecular weight excluding hydrogens is 274 g/mol. The molecule has 4 N–H and O–H groups in total. The molecule has 0 aliphatic carbocycles. The van der Waals surface area contributed by atoms with E-state index in [2.05, 4.69) is 16.0 Å². The van der Waals surface area contributed by atoms with Crippen LogP contribution in [0.15, 0.2) is 30.3 Å². The maximum absolute atomic E-state index is 11.9. The number of hydrogen-bond donors (Lipinski definition) is 4. The number of nitrogens with one attached hydrogen (secondary N) is 3. The number of carboxylic acids is 1. The minimum absolute atomic E-state index is 0.247. The maximum atomic E-state index is 11.9. The molecule has 1 saturated heterocycles. The lowest BCUT2D eigenvalue weighted by molar-refractivity contribution is -0.139. The van der Waals surface area contributed by atoms with Gasteiger partial charge >= 0.3 is 12.0 Å². The van der Waals surface area contributed by atoms with Crippen molar-refractivity contribution < 1.29 is 19.5 Å². The summed E-state index contributed by atoms with van der Waals surface area (Å²) in [6, 6.07) is 5.93. The highest BCUT2D eigenvalue weighted by molar-refractivity contribution is 5.89. The van der Waals surface area contributed by atoms with Crippen molar-refractivity contribution in [3.63, 3.8) is 0 Å². The summed E-state index contributed by atoms with van der Waals surface area (Å²) < 4.78 is 0. The largest absolute Gasteiger partial charge is 0.479 e. The van der Waals surface area contributed by atoms with E-state index in [9.17, 15) is 19.5 Å². The SMILES string of the molecule is O=C(NC1CCCNC1=O)N[C@H](C(=O)O)c1ccccc1. The molecule has 21 heavy (non-hydrogen) atoms. The number of amides is 3. The first-order valence-corrected chi connectivity index (χ1v) is 6.70. The average Bonchev–Trinajstić information content (AvgIpc) is 2.48. The molecule has 3 amide bonds. The predicted molar refractivity (Wildman–Crippen MR) is 74.5 cm³/mol. The van der Waals surface area contributed by atoms with E-state index in [1.807, 2.05) is 0 Å². The lowest BCUT2D eigenvalue weighted by Crippen LogP contribution is -2.53. The second-order valence-electron chi connectivity index (χ2n) is 4.79. The molecule has 2 rings (SSSR count). The summed E-state index contributed by atoms with van der Waals surface area (Å²) in [5.41, 5.74) is 0.466. The van der Waals surface area contributed by atoms with E-state index in [0.717, 1.165) is 6.42 Å². The maximum Gasteiger partial charge on any atom is 0.330 e. The first kappa shape index (κ1) is 14.8. The fourth-order valence-electron chi connectivity index (χ4n) is 2.17. The molecule has 7 heteroatoms. The minimum Gasteiger partial charge on any atom is -0.479 e. The van der Waals surface area contributed by atoms with Gasteiger partial charge in [0, 0.05) is 6.54 Å². The Morgan fingerprint density at radius 1 is 1.29 bits per heavy atom. The Hall–Kier alpha value is -2.57. The summed E-state index contributed by atoms with van der Waals surface area (Å²) in [7, 11) is 0. The third kappa shape index (κ3) is 3.95. The number of carbonyl (C=O) groups is 3. The molecule has 1 unspecified atom stereocenters. The molecule has 2 atom stereocenters. The highest BCUT2D eigenvalue weighted by Gasteiger charge is 2.26. The number of aliphatic carboxylic acids is 1. The molecular formula is C14H17N3O4. The van der Waals surface area contributed by atoms with Crippen LogP contribution in [0.1, 0.15) is 24.4 Å². The first-order chi connectivity index (χ1) is 10.1. The Bertz CT molecular complexity index is 532. The summed E-state index contributed by atoms with van der Waals surface area (Å²) in [4.78, 5) is 34.7. The van der Waals surface area contributed by atoms with Gasteiger partial charge in [0.1, 0.15) is 6.04 Å². The van der Waals surface area contributed by atoms with Crippen molar-refractivity contribution >= 4 is 17.9 Å². The number of rotatable bonds is 4. The second kappa shape index (κ2) is 6.74. The Labute approximate surface area is 121 Å². The lowest BCUT2D eigenvalue weighted by Gasteiger charge is -2.24. The van der Waals surface area contributed by atoms with Crippen LogP contribution in [-0.4, -0.2) is 35.6 Å². The average molecular weight is 291 g/mol. The molecule has 1 aliphatic heterocycles. The molecule has 0 aromatic heterocycles. The smallest absolute Gasteiger partial charge is 0.330 e. The Morgan fingerprint density at radius 3 is 2.62 bits per heavy atom. The summed E-state index contributed by atoms with van der Waals surface area (Å²) in [6.45, 7) is 0.598. The molecule has 1 fully saturated rings. The van der Waals surface area contributed by atoms with Crippen LogP contribution in [0.5, 0.6) is 0 Å². The molecule has 1 aromatic rings. The third-order valence-electron chi connectivity index (χ3n) is 3.25. The molecule has 0 saturated carbocycles. The number of carbonyl (C=O) groups excluding carboxylic acids is 2. The van der Waals surface area contributed by atoms with Gasteiger partial charge < -0.3 is 21.1 Å². The van der Waals surface area contributed by atoms with E-state index < -0.39 is 24.1 Å². The van der Waals surface area contributed by atoms with E-state index in [4.69, 9.17) is 0 Å². The summed E-state index contributed by atoms with van der Waals surface area (Å²) in [6.07, 6.45) is 1.32. The topological polar surface area (TPSA) is 108 Å². The zero-order valence-corrected chi connectivity index (χ0v) is 11.3. The van der Waals surface area contributed by atoms with Gasteiger partial charge in [0.2, 0.25) is 5.91 Å².